The summed E-state index contributed by atoms with van der Waals surface area (Å²) in [5.41, 5.74) is 3.39. The van der Waals surface area contributed by atoms with E-state index >= 15 is 0 Å². The van der Waals surface area contributed by atoms with Crippen LogP contribution in [0.25, 0.3) is 0 Å². The summed E-state index contributed by atoms with van der Waals surface area (Å²) < 4.78 is 4.70. The standard InChI is InChI=1S/C17H18N2O2S/c1-3-12-7-9-14(10-8-12)18-17(22)19-15-6-4-5-13(11-15)16(20)21-2/h4-11H,3H2,1-2H3,(H2,18,19,22). The summed E-state index contributed by atoms with van der Waals surface area (Å²) in [7, 11) is 1.36. The number of carbonyl (C=O) groups is 1. The van der Waals surface area contributed by atoms with Crippen LogP contribution in [0.1, 0.15) is 22.8 Å². The van der Waals surface area contributed by atoms with E-state index in [2.05, 4.69) is 29.7 Å². The van der Waals surface area contributed by atoms with Gasteiger partial charge in [0.15, 0.2) is 5.11 Å². The number of nitrogens with one attached hydrogen (secondary N) is 2. The topological polar surface area (TPSA) is 50.4 Å². The third kappa shape index (κ3) is 4.30. The molecule has 0 spiro atoms. The van der Waals surface area contributed by atoms with E-state index in [1.165, 1.54) is 12.7 Å². The van der Waals surface area contributed by atoms with Crippen molar-refractivity contribution < 1.29 is 9.53 Å². The van der Waals surface area contributed by atoms with Gasteiger partial charge < -0.3 is 15.4 Å². The number of benzene rings is 2. The number of ether oxygens (including phenoxy) is 1. The number of methoxy groups -OCH3 is 1. The van der Waals surface area contributed by atoms with Gasteiger partial charge in [-0.3, -0.25) is 0 Å². The van der Waals surface area contributed by atoms with Crippen molar-refractivity contribution in [2.24, 2.45) is 0 Å². The van der Waals surface area contributed by atoms with E-state index < -0.39 is 0 Å². The van der Waals surface area contributed by atoms with Gasteiger partial charge in [0.05, 0.1) is 12.7 Å². The van der Waals surface area contributed by atoms with E-state index in [1.807, 2.05) is 18.2 Å². The smallest absolute Gasteiger partial charge is 0.337 e. The second-order valence-electron chi connectivity index (χ2n) is 4.70. The lowest BCUT2D eigenvalue weighted by Gasteiger charge is -2.11. The van der Waals surface area contributed by atoms with E-state index in [0.29, 0.717) is 10.7 Å². The van der Waals surface area contributed by atoms with Gasteiger partial charge in [-0.25, -0.2) is 4.79 Å². The van der Waals surface area contributed by atoms with Crippen LogP contribution in [-0.4, -0.2) is 18.2 Å². The molecule has 0 heterocycles. The fourth-order valence-electron chi connectivity index (χ4n) is 1.96. The highest BCUT2D eigenvalue weighted by Crippen LogP contribution is 2.14. The van der Waals surface area contributed by atoms with Gasteiger partial charge in [-0.1, -0.05) is 25.1 Å². The first kappa shape index (κ1) is 16.0. The number of thiocarbonyl (C=S) groups is 1. The van der Waals surface area contributed by atoms with Crippen LogP contribution in [0.15, 0.2) is 48.5 Å². The second kappa shape index (κ2) is 7.56. The van der Waals surface area contributed by atoms with Gasteiger partial charge >= 0.3 is 5.97 Å². The lowest BCUT2D eigenvalue weighted by atomic mass is 10.1. The van der Waals surface area contributed by atoms with Crippen LogP contribution in [0.4, 0.5) is 11.4 Å². The Bertz CT molecular complexity index is 669. The molecule has 0 aliphatic heterocycles. The maximum Gasteiger partial charge on any atom is 0.337 e. The monoisotopic (exact) mass is 314 g/mol. The first-order valence-corrected chi connectivity index (χ1v) is 7.38. The molecular formula is C17H18N2O2S. The number of hydrogen-bond donors (Lipinski definition) is 2. The molecule has 2 rings (SSSR count). The lowest BCUT2D eigenvalue weighted by Crippen LogP contribution is -2.19. The Morgan fingerprint density at radius 3 is 2.41 bits per heavy atom. The zero-order chi connectivity index (χ0) is 15.9. The van der Waals surface area contributed by atoms with Crippen LogP contribution >= 0.6 is 12.2 Å². The second-order valence-corrected chi connectivity index (χ2v) is 5.11. The average molecular weight is 314 g/mol. The van der Waals surface area contributed by atoms with Gasteiger partial charge in [0.25, 0.3) is 0 Å². The predicted octanol–water partition coefficient (Wildman–Crippen LogP) is 3.84. The molecule has 0 saturated carbocycles. The maximum atomic E-state index is 11.5. The van der Waals surface area contributed by atoms with Gasteiger partial charge in [0.1, 0.15) is 0 Å². The fourth-order valence-corrected chi connectivity index (χ4v) is 2.19. The Morgan fingerprint density at radius 2 is 1.77 bits per heavy atom. The van der Waals surface area contributed by atoms with Gasteiger partial charge in [-0.05, 0) is 54.5 Å². The largest absolute Gasteiger partial charge is 0.465 e. The van der Waals surface area contributed by atoms with Crippen molar-refractivity contribution in [2.75, 3.05) is 17.7 Å². The summed E-state index contributed by atoms with van der Waals surface area (Å²) >= 11 is 5.28. The Balaban J connectivity index is 2.00. The summed E-state index contributed by atoms with van der Waals surface area (Å²) in [6.07, 6.45) is 1.00. The minimum absolute atomic E-state index is 0.377. The molecule has 0 unspecified atom stereocenters. The van der Waals surface area contributed by atoms with Crippen LogP contribution in [0.2, 0.25) is 0 Å². The predicted molar refractivity (Wildman–Crippen MR) is 93.4 cm³/mol. The molecule has 0 fully saturated rings. The van der Waals surface area contributed by atoms with Crippen molar-refractivity contribution in [3.63, 3.8) is 0 Å². The number of hydrogen-bond acceptors (Lipinski definition) is 3. The van der Waals surface area contributed by atoms with E-state index in [1.54, 1.807) is 18.2 Å². The summed E-state index contributed by atoms with van der Waals surface area (Å²) in [6, 6.07) is 15.1. The van der Waals surface area contributed by atoms with Crippen LogP contribution in [0, 0.1) is 0 Å². The van der Waals surface area contributed by atoms with E-state index in [9.17, 15) is 4.79 Å². The van der Waals surface area contributed by atoms with Gasteiger partial charge in [0, 0.05) is 11.4 Å². The van der Waals surface area contributed by atoms with Crippen molar-refractivity contribution in [1.29, 1.82) is 0 Å². The molecule has 114 valence electrons. The van der Waals surface area contributed by atoms with Gasteiger partial charge in [-0.2, -0.15) is 0 Å². The van der Waals surface area contributed by atoms with Crippen molar-refractivity contribution >= 4 is 34.7 Å². The quantitative estimate of drug-likeness (QED) is 0.663. The highest BCUT2D eigenvalue weighted by Gasteiger charge is 2.06. The number of carbonyl (C=O) groups excluding carboxylic acids is 1. The first-order chi connectivity index (χ1) is 10.6. The molecule has 0 atom stereocenters. The average Bonchev–Trinajstić information content (AvgIpc) is 2.55. The summed E-state index contributed by atoms with van der Waals surface area (Å²) in [5.74, 6) is -0.377. The number of rotatable bonds is 4. The van der Waals surface area contributed by atoms with Crippen LogP contribution in [0.5, 0.6) is 0 Å². The van der Waals surface area contributed by atoms with Gasteiger partial charge in [0.2, 0.25) is 0 Å². The molecule has 2 aromatic carbocycles. The van der Waals surface area contributed by atoms with Crippen LogP contribution < -0.4 is 10.6 Å². The Kier molecular flexibility index (Phi) is 5.49. The van der Waals surface area contributed by atoms with E-state index in [0.717, 1.165) is 17.8 Å². The van der Waals surface area contributed by atoms with Crippen LogP contribution in [0.3, 0.4) is 0 Å². The first-order valence-electron chi connectivity index (χ1n) is 6.97. The van der Waals surface area contributed by atoms with Crippen molar-refractivity contribution in [3.05, 3.63) is 59.7 Å². The van der Waals surface area contributed by atoms with E-state index in [-0.39, 0.29) is 5.97 Å². The highest BCUT2D eigenvalue weighted by molar-refractivity contribution is 7.80. The molecule has 0 amide bonds. The van der Waals surface area contributed by atoms with E-state index in [4.69, 9.17) is 17.0 Å². The Labute approximate surface area is 135 Å². The van der Waals surface area contributed by atoms with Gasteiger partial charge in [-0.15, -0.1) is 0 Å². The zero-order valence-electron chi connectivity index (χ0n) is 12.6. The minimum Gasteiger partial charge on any atom is -0.465 e. The lowest BCUT2D eigenvalue weighted by molar-refractivity contribution is 0.0601. The number of esters is 1. The molecule has 0 saturated heterocycles. The molecule has 2 N–H and O–H groups in total. The number of aryl methyl sites for hydroxylation is 1. The molecule has 0 aliphatic rings. The molecule has 0 radical (unpaired) electrons. The SMILES string of the molecule is CCc1ccc(NC(=S)Nc2cccc(C(=O)OC)c2)cc1. The third-order valence-corrected chi connectivity index (χ3v) is 3.37. The summed E-state index contributed by atoms with van der Waals surface area (Å²) in [4.78, 5) is 11.5. The van der Waals surface area contributed by atoms with Crippen LogP contribution in [-0.2, 0) is 11.2 Å². The molecule has 2 aromatic rings. The normalized spacial score (nSPS) is 9.91. The third-order valence-electron chi connectivity index (χ3n) is 3.16. The fraction of sp³-hybridized carbons (Fsp3) is 0.176. The molecule has 22 heavy (non-hydrogen) atoms. The summed E-state index contributed by atoms with van der Waals surface area (Å²) in [5, 5.41) is 6.62. The van der Waals surface area contributed by atoms with Crippen molar-refractivity contribution in [3.8, 4) is 0 Å². The Hall–Kier alpha value is -2.40. The Morgan fingerprint density at radius 1 is 1.09 bits per heavy atom. The maximum absolute atomic E-state index is 11.5. The highest BCUT2D eigenvalue weighted by atomic mass is 32.1. The minimum atomic E-state index is -0.377. The molecule has 0 aliphatic carbocycles. The van der Waals surface area contributed by atoms with Crippen molar-refractivity contribution in [1.82, 2.24) is 0 Å². The molecular weight excluding hydrogens is 296 g/mol. The summed E-state index contributed by atoms with van der Waals surface area (Å²) in [6.45, 7) is 2.11. The number of anilines is 2. The molecule has 0 bridgehead atoms. The molecule has 4 nitrogen and oxygen atoms in total. The molecule has 5 heteroatoms. The van der Waals surface area contributed by atoms with Crippen molar-refractivity contribution in [2.45, 2.75) is 13.3 Å². The zero-order valence-corrected chi connectivity index (χ0v) is 13.4. The molecule has 0 aromatic heterocycles.